The first-order valence-electron chi connectivity index (χ1n) is 14.3. The van der Waals surface area contributed by atoms with Crippen molar-refractivity contribution in [1.29, 1.82) is 0 Å². The van der Waals surface area contributed by atoms with E-state index in [9.17, 15) is 34.6 Å². The summed E-state index contributed by atoms with van der Waals surface area (Å²) >= 11 is 0. The molecule has 2 aromatic carbocycles. The maximum atomic E-state index is 14.0. The van der Waals surface area contributed by atoms with Gasteiger partial charge in [-0.15, -0.1) is 0 Å². The highest BCUT2D eigenvalue weighted by molar-refractivity contribution is 6.10. The van der Waals surface area contributed by atoms with Crippen molar-refractivity contribution in [3.8, 4) is 0 Å². The van der Waals surface area contributed by atoms with Crippen LogP contribution in [-0.4, -0.2) is 60.0 Å². The number of carbonyl (C=O) groups excluding carboxylic acids is 3. The number of rotatable bonds is 10. The summed E-state index contributed by atoms with van der Waals surface area (Å²) in [5.41, 5.74) is 1.01. The molecule has 15 heteroatoms. The molecular weight excluding hydrogens is 616 g/mol. The Labute approximate surface area is 268 Å². The van der Waals surface area contributed by atoms with Crippen molar-refractivity contribution in [3.63, 3.8) is 0 Å². The van der Waals surface area contributed by atoms with Crippen LogP contribution in [0.2, 0.25) is 0 Å². The minimum Gasteiger partial charge on any atom is -0.468 e. The second kappa shape index (κ2) is 14.3. The van der Waals surface area contributed by atoms with E-state index in [1.165, 1.54) is 56.5 Å². The molecule has 0 N–H and O–H groups in total. The smallest absolute Gasteiger partial charge is 0.344 e. The highest BCUT2D eigenvalue weighted by atomic mass is 17.2. The summed E-state index contributed by atoms with van der Waals surface area (Å²) in [6, 6.07) is 11.1. The molecule has 15 nitrogen and oxygen atoms in total. The zero-order chi connectivity index (χ0) is 34.6. The number of benzene rings is 2. The monoisotopic (exact) mass is 648 g/mol. The van der Waals surface area contributed by atoms with E-state index in [2.05, 4.69) is 9.98 Å². The van der Waals surface area contributed by atoms with Gasteiger partial charge in [-0.2, -0.15) is 0 Å². The van der Waals surface area contributed by atoms with Gasteiger partial charge >= 0.3 is 17.9 Å². The number of aliphatic imine (C=N–C) groups is 2. The maximum absolute atomic E-state index is 14.0. The van der Waals surface area contributed by atoms with E-state index in [1.807, 2.05) is 0 Å². The van der Waals surface area contributed by atoms with E-state index in [1.54, 1.807) is 26.8 Å². The average Bonchev–Trinajstić information content (AvgIpc) is 3.03. The lowest BCUT2D eigenvalue weighted by atomic mass is 9.75. The molecule has 2 aliphatic heterocycles. The van der Waals surface area contributed by atoms with Crippen molar-refractivity contribution in [2.24, 2.45) is 21.8 Å². The average molecular weight is 649 g/mol. The summed E-state index contributed by atoms with van der Waals surface area (Å²) in [5.74, 6) is -6.88. The summed E-state index contributed by atoms with van der Waals surface area (Å²) < 4.78 is 10.5. The van der Waals surface area contributed by atoms with E-state index in [4.69, 9.17) is 19.2 Å². The van der Waals surface area contributed by atoms with Crippen LogP contribution in [0.3, 0.4) is 0 Å². The van der Waals surface area contributed by atoms with Gasteiger partial charge in [0.05, 0.1) is 41.8 Å². The molecule has 246 valence electrons. The Morgan fingerprint density at radius 1 is 0.766 bits per heavy atom. The van der Waals surface area contributed by atoms with Gasteiger partial charge < -0.3 is 9.47 Å². The van der Waals surface area contributed by atoms with E-state index in [-0.39, 0.29) is 51.8 Å². The fraction of sp³-hybridized carbons (Fsp3) is 0.344. The number of esters is 3. The van der Waals surface area contributed by atoms with Crippen molar-refractivity contribution in [2.45, 2.75) is 39.5 Å². The van der Waals surface area contributed by atoms with Crippen molar-refractivity contribution < 1.29 is 43.5 Å². The van der Waals surface area contributed by atoms with Gasteiger partial charge in [-0.25, -0.2) is 19.4 Å². The summed E-state index contributed by atoms with van der Waals surface area (Å²) in [6.07, 6.45) is 0. The third-order valence-corrected chi connectivity index (χ3v) is 8.14. The second-order valence-corrected chi connectivity index (χ2v) is 10.9. The lowest BCUT2D eigenvalue weighted by molar-refractivity contribution is -0.385. The van der Waals surface area contributed by atoms with Gasteiger partial charge in [0.1, 0.15) is 5.92 Å². The first kappa shape index (κ1) is 34.5. The van der Waals surface area contributed by atoms with Gasteiger partial charge in [0.15, 0.2) is 0 Å². The molecule has 0 bridgehead atoms. The summed E-state index contributed by atoms with van der Waals surface area (Å²) in [6.45, 7) is 6.21. The molecule has 47 heavy (non-hydrogen) atoms. The number of nitro groups is 2. The van der Waals surface area contributed by atoms with E-state index < -0.39 is 51.4 Å². The number of ether oxygens (including phenoxy) is 2. The van der Waals surface area contributed by atoms with Crippen LogP contribution < -0.4 is 0 Å². The number of nitro benzene ring substituents is 2. The minimum absolute atomic E-state index is 0.0562. The number of nitrogens with zero attached hydrogens (tertiary/aromatic N) is 4. The predicted octanol–water partition coefficient (Wildman–Crippen LogP) is 4.92. The standard InChI is InChI=1S/C32H32N4O11/c1-16-24(15-46-45-6)28(20-9-7-11-22(13-20)35(40)41)25(17(2)33-16)31(38)47-32(39)27-19(4)34-18(3)26(30(37)44-5)29(27)21-10-8-12-23(14-21)36(42)43/h7-14,24,26,28-29H,15H2,1-6H3/t24?,26?,28?,29-/m0/s1. The lowest BCUT2D eigenvalue weighted by Gasteiger charge is -2.33. The Bertz CT molecular complexity index is 1780. The largest absolute Gasteiger partial charge is 0.468 e. The second-order valence-electron chi connectivity index (χ2n) is 10.9. The number of allylic oxidation sites excluding steroid dienone is 2. The van der Waals surface area contributed by atoms with Crippen LogP contribution in [0.25, 0.3) is 0 Å². The van der Waals surface area contributed by atoms with Crippen LogP contribution in [-0.2, 0) is 33.6 Å². The normalized spacial score (nSPS) is 21.1. The fourth-order valence-corrected chi connectivity index (χ4v) is 6.06. The van der Waals surface area contributed by atoms with Crippen molar-refractivity contribution in [3.05, 3.63) is 102 Å². The number of carbonyl (C=O) groups is 3. The quantitative estimate of drug-likeness (QED) is 0.111. The molecule has 0 spiro atoms. The van der Waals surface area contributed by atoms with Crippen LogP contribution >= 0.6 is 0 Å². The Kier molecular flexibility index (Phi) is 10.5. The molecule has 3 unspecified atom stereocenters. The van der Waals surface area contributed by atoms with Crippen LogP contribution in [0.15, 0.2) is 81.1 Å². The fourth-order valence-electron chi connectivity index (χ4n) is 6.06. The maximum Gasteiger partial charge on any atom is 0.344 e. The third-order valence-electron chi connectivity index (χ3n) is 8.14. The zero-order valence-corrected chi connectivity index (χ0v) is 26.4. The highest BCUT2D eigenvalue weighted by Gasteiger charge is 2.45. The molecule has 0 radical (unpaired) electrons. The van der Waals surface area contributed by atoms with E-state index >= 15 is 0 Å². The Hall–Kier alpha value is -5.41. The topological polar surface area (TPSA) is 199 Å². The zero-order valence-electron chi connectivity index (χ0n) is 26.4. The molecule has 2 aliphatic rings. The van der Waals surface area contributed by atoms with Gasteiger partial charge in [-0.3, -0.25) is 35.0 Å². The van der Waals surface area contributed by atoms with E-state index in [0.717, 1.165) is 7.11 Å². The Morgan fingerprint density at radius 2 is 1.26 bits per heavy atom. The van der Waals surface area contributed by atoms with Crippen LogP contribution in [0.4, 0.5) is 11.4 Å². The molecule has 2 aromatic rings. The summed E-state index contributed by atoms with van der Waals surface area (Å²) in [4.78, 5) is 81.9. The van der Waals surface area contributed by atoms with Gasteiger partial charge in [0.2, 0.25) is 0 Å². The van der Waals surface area contributed by atoms with Gasteiger partial charge in [0.25, 0.3) is 11.4 Å². The first-order chi connectivity index (χ1) is 22.3. The van der Waals surface area contributed by atoms with E-state index in [0.29, 0.717) is 11.3 Å². The number of methoxy groups -OCH3 is 1. The molecule has 4 rings (SSSR count). The molecule has 0 amide bonds. The molecule has 0 aromatic heterocycles. The molecular formula is C32H32N4O11. The molecule has 0 aliphatic carbocycles. The lowest BCUT2D eigenvalue weighted by Crippen LogP contribution is -2.37. The minimum atomic E-state index is -1.17. The van der Waals surface area contributed by atoms with Crippen LogP contribution in [0.5, 0.6) is 0 Å². The molecule has 2 heterocycles. The highest BCUT2D eigenvalue weighted by Crippen LogP contribution is 2.43. The Morgan fingerprint density at radius 3 is 1.74 bits per heavy atom. The van der Waals surface area contributed by atoms with Gasteiger partial charge in [-0.05, 0) is 38.8 Å². The third kappa shape index (κ3) is 7.05. The molecule has 0 saturated carbocycles. The summed E-state index contributed by atoms with van der Waals surface area (Å²) in [7, 11) is 2.46. The van der Waals surface area contributed by atoms with Gasteiger partial charge in [0, 0.05) is 64.8 Å². The van der Waals surface area contributed by atoms with Crippen LogP contribution in [0.1, 0.15) is 50.7 Å². The SMILES string of the molecule is COOCC1C(C)=NC(C)=C(C(=O)OC(=O)C2=C(C)N=C(C)C(C(=O)OC)[C@@H]2c2cccc([N+](=O)[O-])c2)C1c1cccc([N+](=O)[O-])c1. The molecule has 0 saturated heterocycles. The van der Waals surface area contributed by atoms with Crippen molar-refractivity contribution in [1.82, 2.24) is 0 Å². The number of non-ortho nitro benzene ring substituents is 2. The van der Waals surface area contributed by atoms with Crippen molar-refractivity contribution >= 4 is 40.7 Å². The van der Waals surface area contributed by atoms with Gasteiger partial charge in [-0.1, -0.05) is 24.3 Å². The first-order valence-corrected chi connectivity index (χ1v) is 14.3. The Balaban J connectivity index is 1.81. The predicted molar refractivity (Wildman–Crippen MR) is 166 cm³/mol. The van der Waals surface area contributed by atoms with Crippen LogP contribution in [0, 0.1) is 32.1 Å². The molecule has 0 fully saturated rings. The van der Waals surface area contributed by atoms with Crippen molar-refractivity contribution in [2.75, 3.05) is 20.8 Å². The number of hydrogen-bond donors (Lipinski definition) is 0. The number of hydrogen-bond acceptors (Lipinski definition) is 13. The molecule has 4 atom stereocenters. The summed E-state index contributed by atoms with van der Waals surface area (Å²) in [5, 5.41) is 23.2.